The molecular weight excluding hydrogens is 442 g/mol. The summed E-state index contributed by atoms with van der Waals surface area (Å²) < 4.78 is 86.7. The lowest BCUT2D eigenvalue weighted by Crippen LogP contribution is -2.37. The van der Waals surface area contributed by atoms with Crippen molar-refractivity contribution in [2.45, 2.75) is 77.4 Å². The van der Waals surface area contributed by atoms with Crippen LogP contribution in [-0.4, -0.2) is 29.9 Å². The number of ether oxygens (including phenoxy) is 2. The molecule has 0 aliphatic heterocycles. The van der Waals surface area contributed by atoms with Crippen molar-refractivity contribution in [2.24, 2.45) is 11.8 Å². The van der Waals surface area contributed by atoms with E-state index in [9.17, 15) is 35.9 Å². The van der Waals surface area contributed by atoms with Crippen LogP contribution in [0.1, 0.15) is 58.4 Å². The number of carbonyl (C=O) groups excluding carboxylic acids is 2. The molecule has 10 heteroatoms. The van der Waals surface area contributed by atoms with Gasteiger partial charge in [0.05, 0.1) is 11.8 Å². The first kappa shape index (κ1) is 27.8. The van der Waals surface area contributed by atoms with Gasteiger partial charge in [-0.2, -0.15) is 26.3 Å². The number of hydrogen-bond acceptors (Lipinski definition) is 4. The molecule has 0 unspecified atom stereocenters. The fraction of sp³-hybridized carbons (Fsp3) is 0.636. The Bertz CT molecular complexity index is 723. The quantitative estimate of drug-likeness (QED) is 0.294. The van der Waals surface area contributed by atoms with E-state index in [0.717, 1.165) is 0 Å². The molecule has 1 aromatic rings. The minimum absolute atomic E-state index is 0.244. The van der Waals surface area contributed by atoms with Gasteiger partial charge in [-0.05, 0) is 45.6 Å². The van der Waals surface area contributed by atoms with Gasteiger partial charge in [0.2, 0.25) is 0 Å². The second-order valence-electron chi connectivity index (χ2n) is 8.50. The monoisotopic (exact) mass is 470 g/mol. The number of halogens is 6. The average molecular weight is 470 g/mol. The highest BCUT2D eigenvalue weighted by atomic mass is 19.4. The second kappa shape index (κ2) is 11.6. The third-order valence-corrected chi connectivity index (χ3v) is 4.44. The van der Waals surface area contributed by atoms with E-state index in [2.05, 4.69) is 0 Å². The molecule has 0 radical (unpaired) electrons. The molecule has 2 atom stereocenters. The Balaban J connectivity index is 3.08. The van der Waals surface area contributed by atoms with Crippen LogP contribution in [0.4, 0.5) is 26.3 Å². The van der Waals surface area contributed by atoms with E-state index in [-0.39, 0.29) is 6.61 Å². The van der Waals surface area contributed by atoms with Crippen molar-refractivity contribution < 1.29 is 45.4 Å². The predicted octanol–water partition coefficient (Wildman–Crippen LogP) is 6.38. The Morgan fingerprint density at radius 1 is 0.812 bits per heavy atom. The molecule has 0 aromatic heterocycles. The zero-order valence-corrected chi connectivity index (χ0v) is 18.2. The molecule has 0 aliphatic rings. The van der Waals surface area contributed by atoms with Gasteiger partial charge in [-0.15, -0.1) is 0 Å². The van der Waals surface area contributed by atoms with Crippen LogP contribution in [0.25, 0.3) is 0 Å². The molecule has 0 bridgehead atoms. The van der Waals surface area contributed by atoms with Gasteiger partial charge < -0.3 is 9.47 Å². The molecular formula is C22H28F6O4. The topological polar surface area (TPSA) is 52.6 Å². The molecule has 182 valence electrons. The second-order valence-corrected chi connectivity index (χ2v) is 8.50. The molecule has 0 fully saturated rings. The summed E-state index contributed by atoms with van der Waals surface area (Å²) in [5, 5.41) is 0. The number of hydrogen-bond donors (Lipinski definition) is 0. The summed E-state index contributed by atoms with van der Waals surface area (Å²) >= 11 is 0. The van der Waals surface area contributed by atoms with E-state index in [1.54, 1.807) is 30.3 Å². The van der Waals surface area contributed by atoms with Crippen LogP contribution in [-0.2, 0) is 25.7 Å². The molecule has 0 spiro atoms. The van der Waals surface area contributed by atoms with Crippen molar-refractivity contribution in [3.8, 4) is 0 Å². The van der Waals surface area contributed by atoms with Crippen molar-refractivity contribution in [2.75, 3.05) is 0 Å². The number of rotatable bonds is 10. The normalized spacial score (nSPS) is 14.5. The van der Waals surface area contributed by atoms with Gasteiger partial charge in [0.15, 0.2) is 0 Å². The summed E-state index contributed by atoms with van der Waals surface area (Å²) in [7, 11) is 0. The van der Waals surface area contributed by atoms with Gasteiger partial charge in [-0.25, -0.2) is 0 Å². The molecule has 32 heavy (non-hydrogen) atoms. The van der Waals surface area contributed by atoms with Crippen LogP contribution in [0.2, 0.25) is 0 Å². The number of benzene rings is 1. The molecule has 0 N–H and O–H groups in total. The zero-order chi connectivity index (χ0) is 24.6. The minimum atomic E-state index is -4.62. The first-order chi connectivity index (χ1) is 14.6. The summed E-state index contributed by atoms with van der Waals surface area (Å²) in [5.41, 5.74) is -0.469. The average Bonchev–Trinajstić information content (AvgIpc) is 2.62. The lowest BCUT2D eigenvalue weighted by Gasteiger charge is -2.28. The molecule has 0 aliphatic carbocycles. The molecule has 1 rings (SSSR count). The summed E-state index contributed by atoms with van der Waals surface area (Å²) in [6.45, 7) is 4.29. The summed E-state index contributed by atoms with van der Waals surface area (Å²) in [6.07, 6.45) is -13.6. The minimum Gasteiger partial charge on any atom is -0.461 e. The van der Waals surface area contributed by atoms with Crippen molar-refractivity contribution in [1.29, 1.82) is 0 Å². The molecule has 0 saturated heterocycles. The molecule has 4 nitrogen and oxygen atoms in total. The van der Waals surface area contributed by atoms with E-state index in [1.807, 2.05) is 0 Å². The molecule has 1 aromatic carbocycles. The third-order valence-electron chi connectivity index (χ3n) is 4.44. The summed E-state index contributed by atoms with van der Waals surface area (Å²) in [6, 6.07) is 8.33. The lowest BCUT2D eigenvalue weighted by atomic mass is 9.84. The fourth-order valence-corrected chi connectivity index (χ4v) is 3.02. The van der Waals surface area contributed by atoms with E-state index in [4.69, 9.17) is 9.47 Å². The highest BCUT2D eigenvalue weighted by molar-refractivity contribution is 5.82. The highest BCUT2D eigenvalue weighted by Crippen LogP contribution is 2.33. The van der Waals surface area contributed by atoms with E-state index >= 15 is 0 Å². The van der Waals surface area contributed by atoms with Crippen LogP contribution in [0.3, 0.4) is 0 Å². The third kappa shape index (κ3) is 12.0. The predicted molar refractivity (Wildman–Crippen MR) is 104 cm³/mol. The smallest absolute Gasteiger partial charge is 0.389 e. The number of alkyl halides is 6. The van der Waals surface area contributed by atoms with E-state index in [1.165, 1.54) is 20.8 Å². The van der Waals surface area contributed by atoms with Crippen LogP contribution < -0.4 is 0 Å². The van der Waals surface area contributed by atoms with Gasteiger partial charge in [-0.1, -0.05) is 30.3 Å². The van der Waals surface area contributed by atoms with Gasteiger partial charge in [0, 0.05) is 12.8 Å². The SMILES string of the molecule is CC(C)(C)OC(=O)[C@@H](CCCC(F)(F)F)[C@@H](CCC(F)(F)F)C(=O)OCc1ccccc1. The van der Waals surface area contributed by atoms with E-state index < -0.39 is 73.8 Å². The Morgan fingerprint density at radius 2 is 1.34 bits per heavy atom. The molecule has 0 amide bonds. The summed E-state index contributed by atoms with van der Waals surface area (Å²) in [4.78, 5) is 25.4. The Kier molecular flexibility index (Phi) is 10.0. The Morgan fingerprint density at radius 3 is 1.84 bits per heavy atom. The standard InChI is InChI=1S/C22H28F6O4/c1-20(2,3)32-19(30)16(10-7-12-21(23,24)25)17(11-13-22(26,27)28)18(29)31-14-15-8-5-4-6-9-15/h4-6,8-9,16-17H,7,10-14H2,1-3H3/t16-,17+/m0/s1. The molecule has 0 saturated carbocycles. The van der Waals surface area contributed by atoms with Crippen LogP contribution in [0.5, 0.6) is 0 Å². The van der Waals surface area contributed by atoms with Crippen molar-refractivity contribution in [3.63, 3.8) is 0 Å². The van der Waals surface area contributed by atoms with E-state index in [0.29, 0.717) is 5.56 Å². The van der Waals surface area contributed by atoms with Crippen molar-refractivity contribution >= 4 is 11.9 Å². The maximum absolute atomic E-state index is 12.9. The summed E-state index contributed by atoms with van der Waals surface area (Å²) in [5.74, 6) is -5.20. The van der Waals surface area contributed by atoms with Gasteiger partial charge in [0.1, 0.15) is 12.2 Å². The Labute approximate surface area is 183 Å². The maximum Gasteiger partial charge on any atom is 0.389 e. The van der Waals surface area contributed by atoms with Crippen molar-refractivity contribution in [3.05, 3.63) is 35.9 Å². The number of esters is 2. The van der Waals surface area contributed by atoms with Crippen molar-refractivity contribution in [1.82, 2.24) is 0 Å². The first-order valence-electron chi connectivity index (χ1n) is 10.1. The van der Waals surface area contributed by atoms with Crippen LogP contribution in [0.15, 0.2) is 30.3 Å². The van der Waals surface area contributed by atoms with Gasteiger partial charge in [0.25, 0.3) is 0 Å². The van der Waals surface area contributed by atoms with Gasteiger partial charge >= 0.3 is 24.3 Å². The highest BCUT2D eigenvalue weighted by Gasteiger charge is 2.40. The van der Waals surface area contributed by atoms with Gasteiger partial charge in [-0.3, -0.25) is 9.59 Å². The maximum atomic E-state index is 12.9. The fourth-order valence-electron chi connectivity index (χ4n) is 3.02. The largest absolute Gasteiger partial charge is 0.461 e. The molecule has 0 heterocycles. The van der Waals surface area contributed by atoms with Crippen LogP contribution >= 0.6 is 0 Å². The Hall–Kier alpha value is -2.26. The zero-order valence-electron chi connectivity index (χ0n) is 18.2. The first-order valence-corrected chi connectivity index (χ1v) is 10.1. The lowest BCUT2D eigenvalue weighted by molar-refractivity contribution is -0.173. The van der Waals surface area contributed by atoms with Crippen LogP contribution in [0, 0.1) is 11.8 Å². The number of carbonyl (C=O) groups is 2.